The smallest absolute Gasteiger partial charge is 0.169 e. The van der Waals surface area contributed by atoms with Gasteiger partial charge in [-0.15, -0.1) is 0 Å². The van der Waals surface area contributed by atoms with E-state index in [0.29, 0.717) is 5.92 Å². The van der Waals surface area contributed by atoms with Gasteiger partial charge in [0.15, 0.2) is 5.11 Å². The lowest BCUT2D eigenvalue weighted by atomic mass is 10.2. The summed E-state index contributed by atoms with van der Waals surface area (Å²) in [7, 11) is 0. The Balaban J connectivity index is 1.73. The summed E-state index contributed by atoms with van der Waals surface area (Å²) in [6.07, 6.45) is 0. The second kappa shape index (κ2) is 7.60. The van der Waals surface area contributed by atoms with E-state index in [0.717, 1.165) is 44.4 Å². The van der Waals surface area contributed by atoms with Gasteiger partial charge < -0.3 is 10.2 Å². The Labute approximate surface area is 128 Å². The molecule has 0 aliphatic carbocycles. The number of thiocarbonyl (C=S) groups is 1. The molecule has 4 heteroatoms. The van der Waals surface area contributed by atoms with Crippen molar-refractivity contribution in [3.8, 4) is 0 Å². The maximum atomic E-state index is 5.46. The molecule has 1 aliphatic rings. The Kier molecular flexibility index (Phi) is 5.80. The predicted octanol–water partition coefficient (Wildman–Crippen LogP) is 2.33. The highest BCUT2D eigenvalue weighted by atomic mass is 32.1. The minimum absolute atomic E-state index is 0.632. The van der Waals surface area contributed by atoms with Crippen molar-refractivity contribution in [3.05, 3.63) is 35.9 Å². The van der Waals surface area contributed by atoms with Gasteiger partial charge in [0.05, 0.1) is 0 Å². The molecular weight excluding hydrogens is 266 g/mol. The Morgan fingerprint density at radius 1 is 1.15 bits per heavy atom. The summed E-state index contributed by atoms with van der Waals surface area (Å²) in [5.74, 6) is 0.632. The average Bonchev–Trinajstić information content (AvgIpc) is 2.46. The molecule has 0 atom stereocenters. The van der Waals surface area contributed by atoms with Gasteiger partial charge in [0.25, 0.3) is 0 Å². The summed E-state index contributed by atoms with van der Waals surface area (Å²) in [6, 6.07) is 10.7. The molecule has 1 saturated heterocycles. The van der Waals surface area contributed by atoms with Gasteiger partial charge in [0, 0.05) is 39.3 Å². The van der Waals surface area contributed by atoms with Gasteiger partial charge >= 0.3 is 0 Å². The van der Waals surface area contributed by atoms with Crippen LogP contribution in [0.5, 0.6) is 0 Å². The molecule has 0 radical (unpaired) electrons. The van der Waals surface area contributed by atoms with Crippen LogP contribution >= 0.6 is 12.2 Å². The zero-order valence-electron chi connectivity index (χ0n) is 12.5. The van der Waals surface area contributed by atoms with Gasteiger partial charge in [-0.1, -0.05) is 44.2 Å². The van der Waals surface area contributed by atoms with Crippen LogP contribution in [0, 0.1) is 5.92 Å². The van der Waals surface area contributed by atoms with Crippen LogP contribution in [0.25, 0.3) is 0 Å². The molecule has 3 nitrogen and oxygen atoms in total. The predicted molar refractivity (Wildman–Crippen MR) is 88.7 cm³/mol. The summed E-state index contributed by atoms with van der Waals surface area (Å²) in [5.41, 5.74) is 1.39. The van der Waals surface area contributed by atoms with Gasteiger partial charge in [-0.05, 0) is 23.7 Å². The van der Waals surface area contributed by atoms with E-state index < -0.39 is 0 Å². The Bertz CT molecular complexity index is 411. The van der Waals surface area contributed by atoms with E-state index in [4.69, 9.17) is 12.2 Å². The van der Waals surface area contributed by atoms with Crippen molar-refractivity contribution >= 4 is 17.3 Å². The Morgan fingerprint density at radius 3 is 2.40 bits per heavy atom. The lowest BCUT2D eigenvalue weighted by Crippen LogP contribution is -2.51. The molecular formula is C16H25N3S. The molecule has 1 aromatic carbocycles. The molecule has 0 bridgehead atoms. The van der Waals surface area contributed by atoms with Crippen LogP contribution in [-0.4, -0.2) is 47.6 Å². The first kappa shape index (κ1) is 15.3. The fourth-order valence-corrected chi connectivity index (χ4v) is 2.62. The SMILES string of the molecule is CC(C)CNC(=S)N1CCN(Cc2ccccc2)CC1. The van der Waals surface area contributed by atoms with Crippen LogP contribution in [0.4, 0.5) is 0 Å². The van der Waals surface area contributed by atoms with Crippen LogP contribution in [0.3, 0.4) is 0 Å². The summed E-state index contributed by atoms with van der Waals surface area (Å²) in [5, 5.41) is 4.27. The van der Waals surface area contributed by atoms with Crippen molar-refractivity contribution in [2.75, 3.05) is 32.7 Å². The van der Waals surface area contributed by atoms with Crippen molar-refractivity contribution in [1.82, 2.24) is 15.1 Å². The molecule has 110 valence electrons. The molecule has 1 fully saturated rings. The van der Waals surface area contributed by atoms with Crippen LogP contribution in [-0.2, 0) is 6.54 Å². The van der Waals surface area contributed by atoms with Gasteiger partial charge in [0.2, 0.25) is 0 Å². The molecule has 0 amide bonds. The second-order valence-corrected chi connectivity index (χ2v) is 6.22. The number of nitrogens with zero attached hydrogens (tertiary/aromatic N) is 2. The number of rotatable bonds is 4. The first-order valence-corrected chi connectivity index (χ1v) is 7.85. The largest absolute Gasteiger partial charge is 0.362 e. The van der Waals surface area contributed by atoms with E-state index in [-0.39, 0.29) is 0 Å². The topological polar surface area (TPSA) is 18.5 Å². The lowest BCUT2D eigenvalue weighted by molar-refractivity contribution is 0.174. The molecule has 1 heterocycles. The average molecular weight is 291 g/mol. The zero-order chi connectivity index (χ0) is 14.4. The van der Waals surface area contributed by atoms with E-state index in [1.54, 1.807) is 0 Å². The highest BCUT2D eigenvalue weighted by Gasteiger charge is 2.18. The van der Waals surface area contributed by atoms with Crippen molar-refractivity contribution in [2.45, 2.75) is 20.4 Å². The zero-order valence-corrected chi connectivity index (χ0v) is 13.3. The number of hydrogen-bond acceptors (Lipinski definition) is 2. The standard InChI is InChI=1S/C16H25N3S/c1-14(2)12-17-16(20)19-10-8-18(9-11-19)13-15-6-4-3-5-7-15/h3-7,14H,8-13H2,1-2H3,(H,17,20). The molecule has 0 spiro atoms. The maximum Gasteiger partial charge on any atom is 0.169 e. The number of piperazine rings is 1. The summed E-state index contributed by atoms with van der Waals surface area (Å²) >= 11 is 5.46. The lowest BCUT2D eigenvalue weighted by Gasteiger charge is -2.36. The molecule has 1 aliphatic heterocycles. The highest BCUT2D eigenvalue weighted by Crippen LogP contribution is 2.08. The van der Waals surface area contributed by atoms with Crippen molar-refractivity contribution in [2.24, 2.45) is 5.92 Å². The fourth-order valence-electron chi connectivity index (χ4n) is 2.35. The highest BCUT2D eigenvalue weighted by molar-refractivity contribution is 7.80. The van der Waals surface area contributed by atoms with E-state index >= 15 is 0 Å². The molecule has 0 unspecified atom stereocenters. The summed E-state index contributed by atoms with van der Waals surface area (Å²) in [4.78, 5) is 4.79. The number of benzene rings is 1. The van der Waals surface area contributed by atoms with Gasteiger partial charge in [-0.25, -0.2) is 0 Å². The van der Waals surface area contributed by atoms with Gasteiger partial charge in [0.1, 0.15) is 0 Å². The van der Waals surface area contributed by atoms with Crippen molar-refractivity contribution in [1.29, 1.82) is 0 Å². The van der Waals surface area contributed by atoms with Crippen molar-refractivity contribution < 1.29 is 0 Å². The van der Waals surface area contributed by atoms with Crippen LogP contribution in [0.15, 0.2) is 30.3 Å². The normalized spacial score (nSPS) is 16.4. The van der Waals surface area contributed by atoms with Crippen LogP contribution in [0.1, 0.15) is 19.4 Å². The monoisotopic (exact) mass is 291 g/mol. The molecule has 1 N–H and O–H groups in total. The molecule has 0 saturated carbocycles. The van der Waals surface area contributed by atoms with Crippen LogP contribution < -0.4 is 5.32 Å². The third-order valence-corrected chi connectivity index (χ3v) is 3.97. The minimum atomic E-state index is 0.632. The minimum Gasteiger partial charge on any atom is -0.362 e. The van der Waals surface area contributed by atoms with Gasteiger partial charge in [-0.3, -0.25) is 4.90 Å². The molecule has 2 rings (SSSR count). The van der Waals surface area contributed by atoms with Crippen LogP contribution in [0.2, 0.25) is 0 Å². The second-order valence-electron chi connectivity index (χ2n) is 5.83. The quantitative estimate of drug-likeness (QED) is 0.858. The van der Waals surface area contributed by atoms with E-state index in [2.05, 4.69) is 59.3 Å². The summed E-state index contributed by atoms with van der Waals surface area (Å²) in [6.45, 7) is 10.6. The summed E-state index contributed by atoms with van der Waals surface area (Å²) < 4.78 is 0. The first-order chi connectivity index (χ1) is 9.65. The third kappa shape index (κ3) is 4.76. The van der Waals surface area contributed by atoms with Gasteiger partial charge in [-0.2, -0.15) is 0 Å². The van der Waals surface area contributed by atoms with E-state index in [1.165, 1.54) is 5.56 Å². The Morgan fingerprint density at radius 2 is 1.80 bits per heavy atom. The van der Waals surface area contributed by atoms with E-state index in [1.807, 2.05) is 0 Å². The third-order valence-electron chi connectivity index (χ3n) is 3.57. The van der Waals surface area contributed by atoms with Crippen molar-refractivity contribution in [3.63, 3.8) is 0 Å². The molecule has 1 aromatic rings. The molecule has 0 aromatic heterocycles. The molecule has 20 heavy (non-hydrogen) atoms. The maximum absolute atomic E-state index is 5.46. The van der Waals surface area contributed by atoms with E-state index in [9.17, 15) is 0 Å². The first-order valence-electron chi connectivity index (χ1n) is 7.44. The number of nitrogens with one attached hydrogen (secondary N) is 1. The number of hydrogen-bond donors (Lipinski definition) is 1. The fraction of sp³-hybridized carbons (Fsp3) is 0.562. The Hall–Kier alpha value is -1.13.